The van der Waals surface area contributed by atoms with Gasteiger partial charge in [0.15, 0.2) is 0 Å². The maximum absolute atomic E-state index is 13.0. The molecule has 0 saturated carbocycles. The lowest BCUT2D eigenvalue weighted by molar-refractivity contribution is -0.00255. The highest BCUT2D eigenvalue weighted by atomic mass is 35.5. The molecule has 0 spiro atoms. The second-order valence-corrected chi connectivity index (χ2v) is 8.79. The molecule has 0 aromatic heterocycles. The number of morpholine rings is 1. The average Bonchev–Trinajstić information content (AvgIpc) is 2.62. The Kier molecular flexibility index (Phi) is 5.87. The lowest BCUT2D eigenvalue weighted by atomic mass is 10.1. The third-order valence-electron chi connectivity index (χ3n) is 4.10. The maximum Gasteiger partial charge on any atom is 0.243 e. The molecule has 1 atom stereocenters. The number of nitrogens with zero attached hydrogens (tertiary/aromatic N) is 1. The Morgan fingerprint density at radius 1 is 1.12 bits per heavy atom. The summed E-state index contributed by atoms with van der Waals surface area (Å²) >= 11 is 5.92. The smallest absolute Gasteiger partial charge is 0.243 e. The van der Waals surface area contributed by atoms with E-state index in [2.05, 4.69) is 0 Å². The lowest BCUT2D eigenvalue weighted by Gasteiger charge is -2.32. The summed E-state index contributed by atoms with van der Waals surface area (Å²) < 4.78 is 38.7. The zero-order valence-corrected chi connectivity index (χ0v) is 16.3. The zero-order chi connectivity index (χ0) is 18.7. The van der Waals surface area contributed by atoms with Crippen molar-refractivity contribution < 1.29 is 17.9 Å². The topological polar surface area (TPSA) is 55.8 Å². The second kappa shape index (κ2) is 7.96. The van der Waals surface area contributed by atoms with E-state index in [-0.39, 0.29) is 23.6 Å². The number of rotatable bonds is 5. The molecule has 7 heteroatoms. The van der Waals surface area contributed by atoms with Crippen LogP contribution < -0.4 is 4.74 Å². The van der Waals surface area contributed by atoms with Crippen LogP contribution in [0.5, 0.6) is 5.75 Å². The minimum absolute atomic E-state index is 0.0387. The molecule has 0 N–H and O–H groups in total. The molecular weight excluding hydrogens is 374 g/mol. The third kappa shape index (κ3) is 4.38. The van der Waals surface area contributed by atoms with Crippen LogP contribution in [0.3, 0.4) is 0 Å². The Balaban J connectivity index is 1.77. The molecule has 1 aliphatic rings. The first-order valence-corrected chi connectivity index (χ1v) is 10.3. The van der Waals surface area contributed by atoms with Gasteiger partial charge in [-0.25, -0.2) is 8.42 Å². The average molecular weight is 396 g/mol. The van der Waals surface area contributed by atoms with Crippen molar-refractivity contribution in [3.8, 4) is 5.75 Å². The Bertz CT molecular complexity index is 835. The van der Waals surface area contributed by atoms with E-state index in [1.807, 2.05) is 26.0 Å². The number of hydrogen-bond acceptors (Lipinski definition) is 4. The molecule has 1 aliphatic heterocycles. The highest BCUT2D eigenvalue weighted by Gasteiger charge is 2.31. The molecule has 140 valence electrons. The van der Waals surface area contributed by atoms with Gasteiger partial charge in [0, 0.05) is 18.1 Å². The molecule has 3 rings (SSSR count). The molecule has 5 nitrogen and oxygen atoms in total. The SMILES string of the molecule is CC(C)Oc1ccc(S(=O)(=O)N2CCOC(c3ccc(Cl)cc3)C2)cc1. The fraction of sp³-hybridized carbons (Fsp3) is 0.368. The molecule has 2 aromatic carbocycles. The molecular formula is C19H22ClNO4S. The number of hydrogen-bond donors (Lipinski definition) is 0. The number of halogens is 1. The number of ether oxygens (including phenoxy) is 2. The van der Waals surface area contributed by atoms with Crippen LogP contribution in [-0.4, -0.2) is 38.5 Å². The van der Waals surface area contributed by atoms with Gasteiger partial charge in [0.05, 0.1) is 23.7 Å². The van der Waals surface area contributed by atoms with Gasteiger partial charge < -0.3 is 9.47 Å². The first kappa shape index (κ1) is 19.2. The van der Waals surface area contributed by atoms with Crippen LogP contribution in [-0.2, 0) is 14.8 Å². The molecule has 1 heterocycles. The Morgan fingerprint density at radius 3 is 2.38 bits per heavy atom. The van der Waals surface area contributed by atoms with Crippen molar-refractivity contribution in [3.05, 3.63) is 59.1 Å². The van der Waals surface area contributed by atoms with Crippen molar-refractivity contribution in [1.29, 1.82) is 0 Å². The summed E-state index contributed by atoms with van der Waals surface area (Å²) in [6, 6.07) is 13.8. The van der Waals surface area contributed by atoms with Gasteiger partial charge in [-0.1, -0.05) is 23.7 Å². The van der Waals surface area contributed by atoms with E-state index in [4.69, 9.17) is 21.1 Å². The molecule has 0 radical (unpaired) electrons. The van der Waals surface area contributed by atoms with E-state index in [1.165, 1.54) is 4.31 Å². The minimum Gasteiger partial charge on any atom is -0.491 e. The van der Waals surface area contributed by atoms with Crippen LogP contribution in [0, 0.1) is 0 Å². The van der Waals surface area contributed by atoms with E-state index in [0.29, 0.717) is 23.9 Å². The normalized spacial score (nSPS) is 18.8. The zero-order valence-electron chi connectivity index (χ0n) is 14.8. The van der Waals surface area contributed by atoms with E-state index in [0.717, 1.165) is 5.56 Å². The van der Waals surface area contributed by atoms with Crippen LogP contribution in [0.1, 0.15) is 25.5 Å². The van der Waals surface area contributed by atoms with Gasteiger partial charge in [-0.2, -0.15) is 4.31 Å². The summed E-state index contributed by atoms with van der Waals surface area (Å²) in [6.45, 7) is 4.80. The van der Waals surface area contributed by atoms with Gasteiger partial charge in [-0.05, 0) is 55.8 Å². The largest absolute Gasteiger partial charge is 0.491 e. The van der Waals surface area contributed by atoms with Gasteiger partial charge in [-0.3, -0.25) is 0 Å². The summed E-state index contributed by atoms with van der Waals surface area (Å²) in [7, 11) is -3.58. The third-order valence-corrected chi connectivity index (χ3v) is 6.24. The van der Waals surface area contributed by atoms with Crippen molar-refractivity contribution >= 4 is 21.6 Å². The van der Waals surface area contributed by atoms with Gasteiger partial charge >= 0.3 is 0 Å². The quantitative estimate of drug-likeness (QED) is 0.770. The monoisotopic (exact) mass is 395 g/mol. The van der Waals surface area contributed by atoms with Gasteiger partial charge in [0.25, 0.3) is 0 Å². The van der Waals surface area contributed by atoms with Crippen molar-refractivity contribution in [2.45, 2.75) is 31.0 Å². The van der Waals surface area contributed by atoms with E-state index in [9.17, 15) is 8.42 Å². The highest BCUT2D eigenvalue weighted by molar-refractivity contribution is 7.89. The van der Waals surface area contributed by atoms with Crippen LogP contribution in [0.4, 0.5) is 0 Å². The second-order valence-electron chi connectivity index (χ2n) is 6.41. The van der Waals surface area contributed by atoms with Gasteiger partial charge in [0.1, 0.15) is 5.75 Å². The molecule has 2 aromatic rings. The van der Waals surface area contributed by atoms with Gasteiger partial charge in [-0.15, -0.1) is 0 Å². The Hall–Kier alpha value is -1.60. The highest BCUT2D eigenvalue weighted by Crippen LogP contribution is 2.28. The lowest BCUT2D eigenvalue weighted by Crippen LogP contribution is -2.42. The summed E-state index contributed by atoms with van der Waals surface area (Å²) in [4.78, 5) is 0.255. The first-order chi connectivity index (χ1) is 12.4. The molecule has 0 amide bonds. The molecule has 1 saturated heterocycles. The minimum atomic E-state index is -3.58. The van der Waals surface area contributed by atoms with Crippen molar-refractivity contribution in [1.82, 2.24) is 4.31 Å². The first-order valence-electron chi connectivity index (χ1n) is 8.50. The number of sulfonamides is 1. The van der Waals surface area contributed by atoms with E-state index in [1.54, 1.807) is 36.4 Å². The summed E-state index contributed by atoms with van der Waals surface area (Å²) in [6.07, 6.45) is -0.267. The summed E-state index contributed by atoms with van der Waals surface area (Å²) in [5.74, 6) is 0.653. The fourth-order valence-electron chi connectivity index (χ4n) is 2.83. The summed E-state index contributed by atoms with van der Waals surface area (Å²) in [5, 5.41) is 0.637. The van der Waals surface area contributed by atoms with E-state index >= 15 is 0 Å². The molecule has 1 fully saturated rings. The maximum atomic E-state index is 13.0. The Labute approximate surface area is 159 Å². The Morgan fingerprint density at radius 2 is 1.77 bits per heavy atom. The van der Waals surface area contributed by atoms with Crippen molar-refractivity contribution in [2.24, 2.45) is 0 Å². The standard InChI is InChI=1S/C19H22ClNO4S/c1-14(2)25-17-7-9-18(10-8-17)26(22,23)21-11-12-24-19(13-21)15-3-5-16(20)6-4-15/h3-10,14,19H,11-13H2,1-2H3. The van der Waals surface area contributed by atoms with E-state index < -0.39 is 10.0 Å². The number of benzene rings is 2. The molecule has 0 aliphatic carbocycles. The molecule has 0 bridgehead atoms. The molecule has 26 heavy (non-hydrogen) atoms. The van der Waals surface area contributed by atoms with Crippen molar-refractivity contribution in [3.63, 3.8) is 0 Å². The van der Waals surface area contributed by atoms with Crippen LogP contribution in [0.15, 0.2) is 53.4 Å². The van der Waals surface area contributed by atoms with Crippen molar-refractivity contribution in [2.75, 3.05) is 19.7 Å². The fourth-order valence-corrected chi connectivity index (χ4v) is 4.39. The predicted molar refractivity (Wildman–Crippen MR) is 101 cm³/mol. The van der Waals surface area contributed by atoms with Gasteiger partial charge in [0.2, 0.25) is 10.0 Å². The summed E-state index contributed by atoms with van der Waals surface area (Å²) in [5.41, 5.74) is 0.912. The molecule has 1 unspecified atom stereocenters. The predicted octanol–water partition coefficient (Wildman–Crippen LogP) is 3.89. The van der Waals surface area contributed by atoms with Crippen LogP contribution in [0.25, 0.3) is 0 Å². The van der Waals surface area contributed by atoms with Crippen LogP contribution >= 0.6 is 11.6 Å². The van der Waals surface area contributed by atoms with Crippen LogP contribution in [0.2, 0.25) is 5.02 Å².